The van der Waals surface area contributed by atoms with Crippen LogP contribution in [0, 0.1) is 0 Å². The lowest BCUT2D eigenvalue weighted by Crippen LogP contribution is -2.44. The number of amides is 2. The molecule has 5 heteroatoms. The molecule has 2 amide bonds. The number of nitrogens with zero attached hydrogens (tertiary/aromatic N) is 1. The summed E-state index contributed by atoms with van der Waals surface area (Å²) in [6.45, 7) is 3.66. The van der Waals surface area contributed by atoms with Crippen molar-refractivity contribution in [2.24, 2.45) is 0 Å². The minimum Gasteiger partial charge on any atom is -0.491 e. The van der Waals surface area contributed by atoms with E-state index < -0.39 is 0 Å². The summed E-state index contributed by atoms with van der Waals surface area (Å²) in [7, 11) is 0. The number of rotatable bonds is 4. The van der Waals surface area contributed by atoms with E-state index in [1.165, 1.54) is 24.8 Å². The molecule has 0 aliphatic carbocycles. The predicted octanol–water partition coefficient (Wildman–Crippen LogP) is 3.80. The van der Waals surface area contributed by atoms with Gasteiger partial charge in [0.1, 0.15) is 12.4 Å². The molecule has 4 rings (SSSR count). The van der Waals surface area contributed by atoms with Crippen molar-refractivity contribution in [1.82, 2.24) is 10.2 Å². The van der Waals surface area contributed by atoms with Crippen molar-refractivity contribution in [2.75, 3.05) is 25.0 Å². The number of para-hydroxylation sites is 2. The molecule has 0 spiro atoms. The zero-order valence-corrected chi connectivity index (χ0v) is 15.6. The summed E-state index contributed by atoms with van der Waals surface area (Å²) >= 11 is 0. The maximum Gasteiger partial charge on any atom is 0.319 e. The van der Waals surface area contributed by atoms with Gasteiger partial charge in [0, 0.05) is 12.2 Å². The van der Waals surface area contributed by atoms with Gasteiger partial charge in [-0.1, -0.05) is 42.8 Å². The summed E-state index contributed by atoms with van der Waals surface area (Å²) in [4.78, 5) is 15.0. The Morgan fingerprint density at radius 1 is 1.04 bits per heavy atom. The lowest BCUT2D eigenvalue weighted by atomic mass is 10.0. The predicted molar refractivity (Wildman–Crippen MR) is 107 cm³/mol. The van der Waals surface area contributed by atoms with Crippen LogP contribution >= 0.6 is 0 Å². The summed E-state index contributed by atoms with van der Waals surface area (Å²) < 4.78 is 5.76. The van der Waals surface area contributed by atoms with E-state index in [0.717, 1.165) is 43.1 Å². The summed E-state index contributed by atoms with van der Waals surface area (Å²) in [6, 6.07) is 15.9. The zero-order chi connectivity index (χ0) is 18.5. The van der Waals surface area contributed by atoms with E-state index in [9.17, 15) is 4.79 Å². The van der Waals surface area contributed by atoms with Crippen LogP contribution in [0.1, 0.15) is 30.4 Å². The van der Waals surface area contributed by atoms with Gasteiger partial charge in [0.25, 0.3) is 0 Å². The van der Waals surface area contributed by atoms with E-state index in [-0.39, 0.29) is 12.1 Å². The molecule has 2 aromatic carbocycles. The van der Waals surface area contributed by atoms with Gasteiger partial charge >= 0.3 is 6.03 Å². The number of fused-ring (bicyclic) bond motifs is 1. The average Bonchev–Trinajstić information content (AvgIpc) is 2.70. The van der Waals surface area contributed by atoms with Crippen LogP contribution in [0.15, 0.2) is 48.5 Å². The van der Waals surface area contributed by atoms with Gasteiger partial charge in [0.15, 0.2) is 0 Å². The van der Waals surface area contributed by atoms with Gasteiger partial charge in [-0.2, -0.15) is 0 Å². The molecule has 1 fully saturated rings. The topological polar surface area (TPSA) is 53.6 Å². The van der Waals surface area contributed by atoms with Crippen LogP contribution in [0.4, 0.5) is 10.5 Å². The molecule has 2 heterocycles. The molecule has 0 saturated carbocycles. The smallest absolute Gasteiger partial charge is 0.319 e. The number of nitrogens with one attached hydrogen (secondary N) is 2. The Hall–Kier alpha value is -2.53. The van der Waals surface area contributed by atoms with Gasteiger partial charge in [-0.25, -0.2) is 4.79 Å². The van der Waals surface area contributed by atoms with E-state index in [1.807, 2.05) is 36.4 Å². The SMILES string of the molecule is O=C(Nc1ccccc1CN1CCCCC1)N[C@H]1COc2ccccc2C1. The Morgan fingerprint density at radius 3 is 2.70 bits per heavy atom. The quantitative estimate of drug-likeness (QED) is 0.867. The van der Waals surface area contributed by atoms with Crippen LogP contribution < -0.4 is 15.4 Å². The number of hydrogen-bond donors (Lipinski definition) is 2. The number of hydrogen-bond acceptors (Lipinski definition) is 3. The standard InChI is InChI=1S/C22H27N3O2/c26-22(23-19-14-17-8-3-5-11-21(17)27-16-19)24-20-10-4-2-9-18(20)15-25-12-6-1-7-13-25/h2-5,8-11,19H,1,6-7,12-16H2,(H2,23,24,26)/t19-/m1/s1. The number of likely N-dealkylation sites (tertiary alicyclic amines) is 1. The normalized spacial score (nSPS) is 19.6. The molecular weight excluding hydrogens is 338 g/mol. The Bertz CT molecular complexity index is 787. The Labute approximate surface area is 160 Å². The minimum absolute atomic E-state index is 0.0193. The average molecular weight is 365 g/mol. The van der Waals surface area contributed by atoms with E-state index in [1.54, 1.807) is 0 Å². The molecule has 2 aromatic rings. The maximum atomic E-state index is 12.5. The van der Waals surface area contributed by atoms with Crippen LogP contribution in [0.5, 0.6) is 5.75 Å². The second-order valence-electron chi connectivity index (χ2n) is 7.41. The van der Waals surface area contributed by atoms with Crippen molar-refractivity contribution < 1.29 is 9.53 Å². The molecule has 0 unspecified atom stereocenters. The van der Waals surface area contributed by atoms with Gasteiger partial charge in [-0.15, -0.1) is 0 Å². The van der Waals surface area contributed by atoms with Crippen molar-refractivity contribution in [3.63, 3.8) is 0 Å². The van der Waals surface area contributed by atoms with Crippen molar-refractivity contribution in [3.8, 4) is 5.75 Å². The van der Waals surface area contributed by atoms with Gasteiger partial charge in [-0.3, -0.25) is 4.90 Å². The minimum atomic E-state index is -0.172. The molecule has 0 aromatic heterocycles. The molecule has 2 aliphatic rings. The van der Waals surface area contributed by atoms with Crippen molar-refractivity contribution in [2.45, 2.75) is 38.3 Å². The number of carbonyl (C=O) groups excluding carboxylic acids is 1. The fraction of sp³-hybridized carbons (Fsp3) is 0.409. The monoisotopic (exact) mass is 365 g/mol. The maximum absolute atomic E-state index is 12.5. The molecule has 2 N–H and O–H groups in total. The first kappa shape index (κ1) is 17.9. The molecule has 0 radical (unpaired) electrons. The van der Waals surface area contributed by atoms with Crippen LogP contribution in [0.2, 0.25) is 0 Å². The first-order chi connectivity index (χ1) is 13.3. The highest BCUT2D eigenvalue weighted by Crippen LogP contribution is 2.24. The number of carbonyl (C=O) groups is 1. The largest absolute Gasteiger partial charge is 0.491 e. The van der Waals surface area contributed by atoms with E-state index >= 15 is 0 Å². The lowest BCUT2D eigenvalue weighted by molar-refractivity contribution is 0.220. The molecule has 0 bridgehead atoms. The molecule has 2 aliphatic heterocycles. The third-order valence-electron chi connectivity index (χ3n) is 5.32. The van der Waals surface area contributed by atoms with Gasteiger partial charge in [-0.05, 0) is 55.6 Å². The summed E-state index contributed by atoms with van der Waals surface area (Å²) in [6.07, 6.45) is 4.64. The highest BCUT2D eigenvalue weighted by molar-refractivity contribution is 5.90. The van der Waals surface area contributed by atoms with E-state index in [0.29, 0.717) is 6.61 Å². The molecule has 1 saturated heterocycles. The second-order valence-corrected chi connectivity index (χ2v) is 7.41. The van der Waals surface area contributed by atoms with Gasteiger partial charge < -0.3 is 15.4 Å². The van der Waals surface area contributed by atoms with Crippen LogP contribution in [0.3, 0.4) is 0 Å². The first-order valence-electron chi connectivity index (χ1n) is 9.86. The van der Waals surface area contributed by atoms with Crippen LogP contribution in [-0.2, 0) is 13.0 Å². The van der Waals surface area contributed by atoms with E-state index in [4.69, 9.17) is 4.74 Å². The third kappa shape index (κ3) is 4.61. The van der Waals surface area contributed by atoms with Crippen LogP contribution in [0.25, 0.3) is 0 Å². The Balaban J connectivity index is 1.36. The van der Waals surface area contributed by atoms with Crippen molar-refractivity contribution in [3.05, 3.63) is 59.7 Å². The van der Waals surface area contributed by atoms with Crippen molar-refractivity contribution in [1.29, 1.82) is 0 Å². The number of ether oxygens (including phenoxy) is 1. The number of anilines is 1. The Morgan fingerprint density at radius 2 is 1.81 bits per heavy atom. The molecule has 1 atom stereocenters. The zero-order valence-electron chi connectivity index (χ0n) is 15.6. The molecule has 142 valence electrons. The first-order valence-corrected chi connectivity index (χ1v) is 9.86. The highest BCUT2D eigenvalue weighted by atomic mass is 16.5. The lowest BCUT2D eigenvalue weighted by Gasteiger charge is -2.28. The fourth-order valence-electron chi connectivity index (χ4n) is 3.90. The van der Waals surface area contributed by atoms with Crippen molar-refractivity contribution >= 4 is 11.7 Å². The molecule has 5 nitrogen and oxygen atoms in total. The summed E-state index contributed by atoms with van der Waals surface area (Å²) in [5, 5.41) is 6.09. The van der Waals surface area contributed by atoms with Crippen LogP contribution in [-0.4, -0.2) is 36.7 Å². The fourth-order valence-corrected chi connectivity index (χ4v) is 3.90. The van der Waals surface area contributed by atoms with Gasteiger partial charge in [0.05, 0.1) is 6.04 Å². The number of urea groups is 1. The highest BCUT2D eigenvalue weighted by Gasteiger charge is 2.21. The number of piperidine rings is 1. The Kier molecular flexibility index (Phi) is 5.58. The van der Waals surface area contributed by atoms with Gasteiger partial charge in [0.2, 0.25) is 0 Å². The summed E-state index contributed by atoms with van der Waals surface area (Å²) in [5.74, 6) is 0.919. The summed E-state index contributed by atoms with van der Waals surface area (Å²) in [5.41, 5.74) is 3.19. The number of benzene rings is 2. The second kappa shape index (κ2) is 8.44. The van der Waals surface area contributed by atoms with E-state index in [2.05, 4.69) is 27.7 Å². The molecular formula is C22H27N3O2. The molecule has 27 heavy (non-hydrogen) atoms. The third-order valence-corrected chi connectivity index (χ3v) is 5.32.